The summed E-state index contributed by atoms with van der Waals surface area (Å²) < 4.78 is 0. The van der Waals surface area contributed by atoms with E-state index in [0.29, 0.717) is 0 Å². The summed E-state index contributed by atoms with van der Waals surface area (Å²) in [6.07, 6.45) is 0. The Morgan fingerprint density at radius 1 is 0.833 bits per heavy atom. The summed E-state index contributed by atoms with van der Waals surface area (Å²) in [6, 6.07) is 12.6. The predicted octanol–water partition coefficient (Wildman–Crippen LogP) is 4.48. The highest BCUT2D eigenvalue weighted by molar-refractivity contribution is 5.97. The van der Waals surface area contributed by atoms with Crippen molar-refractivity contribution in [3.8, 4) is 11.1 Å². The van der Waals surface area contributed by atoms with Crippen molar-refractivity contribution in [2.24, 2.45) is 0 Å². The Labute approximate surface area is 108 Å². The molecule has 0 spiro atoms. The van der Waals surface area contributed by atoms with E-state index in [2.05, 4.69) is 43.3 Å². The van der Waals surface area contributed by atoms with Gasteiger partial charge in [0.25, 0.3) is 0 Å². The molecule has 0 atom stereocenters. The first kappa shape index (κ1) is 12.6. The molecule has 2 aromatic rings. The zero-order valence-corrected chi connectivity index (χ0v) is 11.4. The number of hydrogen-bond acceptors (Lipinski definition) is 1. The molecule has 2 rings (SSSR count). The van der Waals surface area contributed by atoms with Gasteiger partial charge in [0.2, 0.25) is 0 Å². The zero-order chi connectivity index (χ0) is 13.3. The summed E-state index contributed by atoms with van der Waals surface area (Å²) in [5.41, 5.74) is 6.59. The summed E-state index contributed by atoms with van der Waals surface area (Å²) in [5.74, 6) is 0.139. The van der Waals surface area contributed by atoms with Crippen molar-refractivity contribution in [2.45, 2.75) is 27.7 Å². The van der Waals surface area contributed by atoms with Gasteiger partial charge in [-0.3, -0.25) is 4.79 Å². The Morgan fingerprint density at radius 3 is 1.78 bits per heavy atom. The Hall–Kier alpha value is -1.89. The van der Waals surface area contributed by atoms with Gasteiger partial charge in [-0.05, 0) is 49.9 Å². The lowest BCUT2D eigenvalue weighted by Crippen LogP contribution is -2.00. The average Bonchev–Trinajstić information content (AvgIpc) is 2.28. The lowest BCUT2D eigenvalue weighted by molar-refractivity contribution is 0.101. The quantitative estimate of drug-likeness (QED) is 0.705. The molecule has 0 saturated heterocycles. The van der Waals surface area contributed by atoms with Crippen LogP contribution in [0.1, 0.15) is 34.0 Å². The van der Waals surface area contributed by atoms with Crippen LogP contribution in [0, 0.1) is 20.8 Å². The van der Waals surface area contributed by atoms with Crippen LogP contribution in [0.4, 0.5) is 0 Å². The molecule has 0 aliphatic rings. The van der Waals surface area contributed by atoms with E-state index in [4.69, 9.17) is 0 Å². The first-order chi connectivity index (χ1) is 8.49. The Bertz CT molecular complexity index is 569. The normalized spacial score (nSPS) is 10.4. The molecule has 0 amide bonds. The maximum atomic E-state index is 11.6. The second kappa shape index (κ2) is 4.77. The maximum Gasteiger partial charge on any atom is 0.160 e. The molecular weight excluding hydrogens is 220 g/mol. The number of carbonyl (C=O) groups is 1. The van der Waals surface area contributed by atoms with E-state index in [1.807, 2.05) is 13.8 Å². The monoisotopic (exact) mass is 238 g/mol. The molecule has 18 heavy (non-hydrogen) atoms. The summed E-state index contributed by atoms with van der Waals surface area (Å²) in [6.45, 7) is 7.71. The van der Waals surface area contributed by atoms with Crippen molar-refractivity contribution in [2.75, 3.05) is 0 Å². The number of hydrogen-bond donors (Lipinski definition) is 0. The molecule has 1 nitrogen and oxygen atoms in total. The van der Waals surface area contributed by atoms with Crippen molar-refractivity contribution >= 4 is 5.78 Å². The van der Waals surface area contributed by atoms with Crippen molar-refractivity contribution in [1.82, 2.24) is 0 Å². The Kier molecular flexibility index (Phi) is 3.33. The first-order valence-corrected chi connectivity index (χ1v) is 6.18. The van der Waals surface area contributed by atoms with Crippen LogP contribution in [-0.4, -0.2) is 5.78 Å². The zero-order valence-electron chi connectivity index (χ0n) is 11.4. The summed E-state index contributed by atoms with van der Waals surface area (Å²) in [7, 11) is 0. The second-order valence-electron chi connectivity index (χ2n) is 4.91. The van der Waals surface area contributed by atoms with Crippen molar-refractivity contribution in [1.29, 1.82) is 0 Å². The van der Waals surface area contributed by atoms with Crippen LogP contribution >= 0.6 is 0 Å². The average molecular weight is 238 g/mol. The Morgan fingerprint density at radius 2 is 1.33 bits per heavy atom. The van der Waals surface area contributed by atoms with Gasteiger partial charge in [-0.15, -0.1) is 0 Å². The van der Waals surface area contributed by atoms with Crippen LogP contribution in [0.25, 0.3) is 11.1 Å². The highest BCUT2D eigenvalue weighted by Crippen LogP contribution is 2.25. The summed E-state index contributed by atoms with van der Waals surface area (Å²) >= 11 is 0. The lowest BCUT2D eigenvalue weighted by atomic mass is 9.93. The SMILES string of the molecule is CC(=O)c1c(C)cc(-c2ccc(C)cc2)cc1C. The minimum atomic E-state index is 0.139. The van der Waals surface area contributed by atoms with Crippen LogP contribution < -0.4 is 0 Å². The summed E-state index contributed by atoms with van der Waals surface area (Å²) in [5, 5.41) is 0. The van der Waals surface area contributed by atoms with E-state index in [9.17, 15) is 4.79 Å². The standard InChI is InChI=1S/C17H18O/c1-11-5-7-15(8-6-11)16-9-12(2)17(14(4)18)13(3)10-16/h5-10H,1-4H3. The second-order valence-corrected chi connectivity index (χ2v) is 4.91. The highest BCUT2D eigenvalue weighted by atomic mass is 16.1. The fourth-order valence-electron chi connectivity index (χ4n) is 2.43. The number of carbonyl (C=O) groups excluding carboxylic acids is 1. The van der Waals surface area contributed by atoms with E-state index in [1.165, 1.54) is 16.7 Å². The molecule has 0 bridgehead atoms. The van der Waals surface area contributed by atoms with Gasteiger partial charge in [-0.2, -0.15) is 0 Å². The molecule has 0 saturated carbocycles. The molecule has 0 radical (unpaired) electrons. The number of Topliss-reactive ketones (excluding diaryl/α,β-unsaturated/α-hetero) is 1. The van der Waals surface area contributed by atoms with Crippen LogP contribution in [0.2, 0.25) is 0 Å². The molecule has 0 fully saturated rings. The third kappa shape index (κ3) is 2.35. The fourth-order valence-corrected chi connectivity index (χ4v) is 2.43. The van der Waals surface area contributed by atoms with Gasteiger partial charge in [0.1, 0.15) is 0 Å². The van der Waals surface area contributed by atoms with Crippen LogP contribution in [0.15, 0.2) is 36.4 Å². The third-order valence-electron chi connectivity index (χ3n) is 3.27. The molecular formula is C17H18O. The highest BCUT2D eigenvalue weighted by Gasteiger charge is 2.10. The molecule has 1 heteroatoms. The lowest BCUT2D eigenvalue weighted by Gasteiger charge is -2.10. The van der Waals surface area contributed by atoms with E-state index in [0.717, 1.165) is 16.7 Å². The van der Waals surface area contributed by atoms with Crippen LogP contribution in [-0.2, 0) is 0 Å². The Balaban J connectivity index is 2.54. The number of aryl methyl sites for hydroxylation is 3. The van der Waals surface area contributed by atoms with Crippen molar-refractivity contribution < 1.29 is 4.79 Å². The van der Waals surface area contributed by atoms with Gasteiger partial charge >= 0.3 is 0 Å². The van der Waals surface area contributed by atoms with Crippen molar-refractivity contribution in [3.05, 3.63) is 58.7 Å². The molecule has 2 aromatic carbocycles. The third-order valence-corrected chi connectivity index (χ3v) is 3.27. The van der Waals surface area contributed by atoms with Crippen molar-refractivity contribution in [3.63, 3.8) is 0 Å². The van der Waals surface area contributed by atoms with Crippen LogP contribution in [0.5, 0.6) is 0 Å². The topological polar surface area (TPSA) is 17.1 Å². The van der Waals surface area contributed by atoms with Gasteiger partial charge in [0.05, 0.1) is 0 Å². The van der Waals surface area contributed by atoms with E-state index < -0.39 is 0 Å². The number of rotatable bonds is 2. The van der Waals surface area contributed by atoms with Gasteiger partial charge in [0, 0.05) is 5.56 Å². The van der Waals surface area contributed by atoms with Gasteiger partial charge in [0.15, 0.2) is 5.78 Å². The molecule has 0 aliphatic carbocycles. The maximum absolute atomic E-state index is 11.6. The molecule has 0 aromatic heterocycles. The van der Waals surface area contributed by atoms with Gasteiger partial charge < -0.3 is 0 Å². The predicted molar refractivity (Wildman–Crippen MR) is 76.1 cm³/mol. The minimum Gasteiger partial charge on any atom is -0.294 e. The summed E-state index contributed by atoms with van der Waals surface area (Å²) in [4.78, 5) is 11.6. The van der Waals surface area contributed by atoms with E-state index >= 15 is 0 Å². The fraction of sp³-hybridized carbons (Fsp3) is 0.235. The number of benzene rings is 2. The molecule has 0 heterocycles. The number of ketones is 1. The molecule has 92 valence electrons. The smallest absolute Gasteiger partial charge is 0.160 e. The van der Waals surface area contributed by atoms with Crippen LogP contribution in [0.3, 0.4) is 0 Å². The minimum absolute atomic E-state index is 0.139. The van der Waals surface area contributed by atoms with E-state index in [-0.39, 0.29) is 5.78 Å². The molecule has 0 N–H and O–H groups in total. The largest absolute Gasteiger partial charge is 0.294 e. The molecule has 0 aliphatic heterocycles. The van der Waals surface area contributed by atoms with Gasteiger partial charge in [-0.25, -0.2) is 0 Å². The van der Waals surface area contributed by atoms with Gasteiger partial charge in [-0.1, -0.05) is 42.0 Å². The first-order valence-electron chi connectivity index (χ1n) is 6.18. The molecule has 0 unspecified atom stereocenters. The van der Waals surface area contributed by atoms with E-state index in [1.54, 1.807) is 6.92 Å².